The monoisotopic (exact) mass is 276 g/mol. The Morgan fingerprint density at radius 3 is 3.17 bits per heavy atom. The Balaban J connectivity index is 1.60. The van der Waals surface area contributed by atoms with Crippen molar-refractivity contribution < 1.29 is 0 Å². The number of nitrogens with zero attached hydrogens (tertiary/aromatic N) is 1. The molecule has 1 aromatic carbocycles. The molecule has 1 aromatic heterocycles. The van der Waals surface area contributed by atoms with Crippen molar-refractivity contribution in [3.8, 4) is 0 Å². The fraction of sp³-hybridized carbons (Fsp3) is 0.357. The lowest BCUT2D eigenvalue weighted by atomic mass is 10.0. The van der Waals surface area contributed by atoms with Crippen LogP contribution in [-0.2, 0) is 12.2 Å². The number of thioether (sulfide) groups is 1. The first kappa shape index (κ1) is 12.2. The van der Waals surface area contributed by atoms with Gasteiger partial charge in [-0.15, -0.1) is 11.3 Å². The average molecular weight is 276 g/mol. The zero-order valence-corrected chi connectivity index (χ0v) is 11.8. The van der Waals surface area contributed by atoms with Gasteiger partial charge >= 0.3 is 0 Å². The third kappa shape index (κ3) is 2.76. The zero-order chi connectivity index (χ0) is 12.2. The van der Waals surface area contributed by atoms with E-state index in [0.29, 0.717) is 6.04 Å². The molecule has 2 heterocycles. The van der Waals surface area contributed by atoms with Gasteiger partial charge in [0.1, 0.15) is 0 Å². The summed E-state index contributed by atoms with van der Waals surface area (Å²) in [6.07, 6.45) is 2.91. The molecule has 0 radical (unpaired) electrons. The van der Waals surface area contributed by atoms with Crippen LogP contribution in [0, 0.1) is 0 Å². The Morgan fingerprint density at radius 2 is 2.28 bits per heavy atom. The minimum Gasteiger partial charge on any atom is -0.309 e. The highest BCUT2D eigenvalue weighted by Gasteiger charge is 2.19. The Morgan fingerprint density at radius 1 is 1.33 bits per heavy atom. The van der Waals surface area contributed by atoms with Crippen LogP contribution in [0.15, 0.2) is 35.8 Å². The Labute approximate surface area is 116 Å². The molecule has 0 saturated carbocycles. The van der Waals surface area contributed by atoms with Gasteiger partial charge < -0.3 is 5.32 Å². The van der Waals surface area contributed by atoms with Gasteiger partial charge in [-0.3, -0.25) is 0 Å². The van der Waals surface area contributed by atoms with Crippen LogP contribution in [0.3, 0.4) is 0 Å². The highest BCUT2D eigenvalue weighted by molar-refractivity contribution is 7.98. The Kier molecular flexibility index (Phi) is 3.98. The molecule has 18 heavy (non-hydrogen) atoms. The second-order valence-electron chi connectivity index (χ2n) is 4.40. The molecule has 0 aliphatic carbocycles. The molecule has 2 nitrogen and oxygen atoms in total. The summed E-state index contributed by atoms with van der Waals surface area (Å²) in [7, 11) is 0. The quantitative estimate of drug-likeness (QED) is 0.928. The molecular formula is C14H16N2S2. The molecule has 0 fully saturated rings. The maximum absolute atomic E-state index is 4.32. The molecule has 1 atom stereocenters. The number of nitrogens with one attached hydrogen (secondary N) is 1. The summed E-state index contributed by atoms with van der Waals surface area (Å²) in [5, 5.41) is 6.93. The van der Waals surface area contributed by atoms with Gasteiger partial charge in [-0.1, -0.05) is 24.3 Å². The molecule has 1 aliphatic heterocycles. The van der Waals surface area contributed by atoms with Crippen LogP contribution < -0.4 is 5.32 Å². The van der Waals surface area contributed by atoms with Crippen LogP contribution in [0.2, 0.25) is 0 Å². The number of rotatable bonds is 4. The SMILES string of the molecule is c1ccc2c(c1)CSCC2NCCc1nccs1. The van der Waals surface area contributed by atoms with Crippen molar-refractivity contribution in [2.24, 2.45) is 0 Å². The molecular weight excluding hydrogens is 260 g/mol. The van der Waals surface area contributed by atoms with Crippen LogP contribution in [0.1, 0.15) is 22.2 Å². The van der Waals surface area contributed by atoms with Crippen molar-refractivity contribution in [1.29, 1.82) is 0 Å². The van der Waals surface area contributed by atoms with E-state index in [-0.39, 0.29) is 0 Å². The molecule has 3 rings (SSSR count). The number of hydrogen-bond donors (Lipinski definition) is 1. The highest BCUT2D eigenvalue weighted by atomic mass is 32.2. The first-order chi connectivity index (χ1) is 8.93. The van der Waals surface area contributed by atoms with Gasteiger partial charge in [-0.25, -0.2) is 4.98 Å². The molecule has 94 valence electrons. The molecule has 0 amide bonds. The van der Waals surface area contributed by atoms with E-state index in [4.69, 9.17) is 0 Å². The van der Waals surface area contributed by atoms with E-state index in [0.717, 1.165) is 18.7 Å². The summed E-state index contributed by atoms with van der Waals surface area (Å²) < 4.78 is 0. The van der Waals surface area contributed by atoms with Crippen molar-refractivity contribution in [2.75, 3.05) is 12.3 Å². The summed E-state index contributed by atoms with van der Waals surface area (Å²) >= 11 is 3.76. The topological polar surface area (TPSA) is 24.9 Å². The number of thiazole rings is 1. The van der Waals surface area contributed by atoms with Gasteiger partial charge in [0.05, 0.1) is 5.01 Å². The van der Waals surface area contributed by atoms with Gasteiger partial charge in [0.2, 0.25) is 0 Å². The molecule has 0 saturated heterocycles. The second kappa shape index (κ2) is 5.87. The van der Waals surface area contributed by atoms with Crippen LogP contribution in [0.4, 0.5) is 0 Å². The number of benzene rings is 1. The van der Waals surface area contributed by atoms with Gasteiger partial charge in [0.25, 0.3) is 0 Å². The summed E-state index contributed by atoms with van der Waals surface area (Å²) in [6.45, 7) is 1.01. The molecule has 2 aromatic rings. The molecule has 1 unspecified atom stereocenters. The predicted octanol–water partition coefficient (Wildman–Crippen LogP) is 3.26. The first-order valence-electron chi connectivity index (χ1n) is 6.21. The van der Waals surface area contributed by atoms with E-state index in [1.807, 2.05) is 23.3 Å². The standard InChI is InChI=1S/C14H16N2S2/c1-2-4-12-11(3-1)9-17-10-13(12)15-6-5-14-16-7-8-18-14/h1-4,7-8,13,15H,5-6,9-10H2. The van der Waals surface area contributed by atoms with Gasteiger partial charge in [0, 0.05) is 42.1 Å². The van der Waals surface area contributed by atoms with E-state index in [2.05, 4.69) is 34.6 Å². The van der Waals surface area contributed by atoms with E-state index >= 15 is 0 Å². The Bertz CT molecular complexity index is 496. The molecule has 0 bridgehead atoms. The minimum atomic E-state index is 0.500. The maximum Gasteiger partial charge on any atom is 0.0937 e. The average Bonchev–Trinajstić information content (AvgIpc) is 2.92. The lowest BCUT2D eigenvalue weighted by Gasteiger charge is -2.26. The van der Waals surface area contributed by atoms with Crippen LogP contribution in [0.25, 0.3) is 0 Å². The minimum absolute atomic E-state index is 0.500. The van der Waals surface area contributed by atoms with Crippen molar-refractivity contribution in [3.63, 3.8) is 0 Å². The fourth-order valence-electron chi connectivity index (χ4n) is 2.28. The van der Waals surface area contributed by atoms with Crippen LogP contribution >= 0.6 is 23.1 Å². The maximum atomic E-state index is 4.32. The summed E-state index contributed by atoms with van der Waals surface area (Å²) in [4.78, 5) is 4.32. The molecule has 1 aliphatic rings. The van der Waals surface area contributed by atoms with E-state index in [9.17, 15) is 0 Å². The third-order valence-corrected chi connectivity index (χ3v) is 5.11. The third-order valence-electron chi connectivity index (χ3n) is 3.19. The van der Waals surface area contributed by atoms with Crippen molar-refractivity contribution >= 4 is 23.1 Å². The van der Waals surface area contributed by atoms with E-state index in [1.165, 1.54) is 21.9 Å². The van der Waals surface area contributed by atoms with Crippen molar-refractivity contribution in [3.05, 3.63) is 52.0 Å². The largest absolute Gasteiger partial charge is 0.309 e. The van der Waals surface area contributed by atoms with Crippen molar-refractivity contribution in [1.82, 2.24) is 10.3 Å². The summed E-state index contributed by atoms with van der Waals surface area (Å²) in [5.41, 5.74) is 2.97. The highest BCUT2D eigenvalue weighted by Crippen LogP contribution is 2.31. The normalized spacial score (nSPS) is 18.6. The predicted molar refractivity (Wildman–Crippen MR) is 79.2 cm³/mol. The van der Waals surface area contributed by atoms with Crippen molar-refractivity contribution in [2.45, 2.75) is 18.2 Å². The summed E-state index contributed by atoms with van der Waals surface area (Å²) in [5.74, 6) is 2.33. The smallest absolute Gasteiger partial charge is 0.0937 e. The number of aromatic nitrogens is 1. The fourth-order valence-corrected chi connectivity index (χ4v) is 4.03. The van der Waals surface area contributed by atoms with E-state index < -0.39 is 0 Å². The second-order valence-corrected chi connectivity index (χ2v) is 6.41. The van der Waals surface area contributed by atoms with Crippen LogP contribution in [0.5, 0.6) is 0 Å². The number of hydrogen-bond acceptors (Lipinski definition) is 4. The van der Waals surface area contributed by atoms with Gasteiger partial charge in [0.15, 0.2) is 0 Å². The first-order valence-corrected chi connectivity index (χ1v) is 8.24. The van der Waals surface area contributed by atoms with Crippen LogP contribution in [-0.4, -0.2) is 17.3 Å². The number of fused-ring (bicyclic) bond motifs is 1. The lowest BCUT2D eigenvalue weighted by Crippen LogP contribution is -2.28. The van der Waals surface area contributed by atoms with Gasteiger partial charge in [-0.2, -0.15) is 11.8 Å². The summed E-state index contributed by atoms with van der Waals surface area (Å²) in [6, 6.07) is 9.29. The molecule has 0 spiro atoms. The van der Waals surface area contributed by atoms with E-state index in [1.54, 1.807) is 11.3 Å². The lowest BCUT2D eigenvalue weighted by molar-refractivity contribution is 0.576. The van der Waals surface area contributed by atoms with Gasteiger partial charge in [-0.05, 0) is 11.1 Å². The Hall–Kier alpha value is -0.840. The molecule has 4 heteroatoms. The molecule has 1 N–H and O–H groups in total. The zero-order valence-electron chi connectivity index (χ0n) is 10.1.